The molecule has 1 aliphatic heterocycles. The van der Waals surface area contributed by atoms with Crippen molar-refractivity contribution >= 4 is 21.8 Å². The van der Waals surface area contributed by atoms with Gasteiger partial charge >= 0.3 is 0 Å². The average Bonchev–Trinajstić information content (AvgIpc) is 2.78. The molecule has 1 aliphatic rings. The van der Waals surface area contributed by atoms with Crippen molar-refractivity contribution in [3.8, 4) is 5.75 Å². The van der Waals surface area contributed by atoms with Crippen LogP contribution in [-0.2, 0) is 13.2 Å². The monoisotopic (exact) mass is 511 g/mol. The van der Waals surface area contributed by atoms with E-state index in [-0.39, 0.29) is 17.1 Å². The molecule has 33 heavy (non-hydrogen) atoms. The van der Waals surface area contributed by atoms with Crippen molar-refractivity contribution in [2.75, 3.05) is 26.2 Å². The molecule has 0 bridgehead atoms. The van der Waals surface area contributed by atoms with Crippen molar-refractivity contribution < 1.29 is 13.9 Å². The topological polar surface area (TPSA) is 75.9 Å². The number of rotatable bonds is 6. The lowest BCUT2D eigenvalue weighted by molar-refractivity contribution is 0.0618. The largest absolute Gasteiger partial charge is 0.482 e. The first-order chi connectivity index (χ1) is 15.9. The van der Waals surface area contributed by atoms with Gasteiger partial charge in [-0.25, -0.2) is 0 Å². The molecule has 1 saturated heterocycles. The molecule has 0 atom stereocenters. The molecular formula is C25H26BrN3O4. The Kier molecular flexibility index (Phi) is 7.25. The number of amides is 1. The molecule has 3 heterocycles. The first-order valence-electron chi connectivity index (χ1n) is 10.8. The molecule has 0 aliphatic carbocycles. The average molecular weight is 512 g/mol. The van der Waals surface area contributed by atoms with Gasteiger partial charge in [-0.05, 0) is 41.4 Å². The summed E-state index contributed by atoms with van der Waals surface area (Å²) in [6.45, 7) is 7.49. The molecule has 0 saturated carbocycles. The number of carbonyl (C=O) groups excluding carboxylic acids is 1. The molecule has 3 aromatic rings. The van der Waals surface area contributed by atoms with E-state index in [0.29, 0.717) is 50.7 Å². The van der Waals surface area contributed by atoms with Gasteiger partial charge in [0.15, 0.2) is 0 Å². The number of carbonyl (C=O) groups is 1. The lowest BCUT2D eigenvalue weighted by Crippen LogP contribution is -2.48. The summed E-state index contributed by atoms with van der Waals surface area (Å²) in [5, 5.41) is 0. The van der Waals surface area contributed by atoms with Crippen LogP contribution in [0, 0.1) is 13.8 Å². The van der Waals surface area contributed by atoms with Gasteiger partial charge in [0.2, 0.25) is 11.2 Å². The fourth-order valence-electron chi connectivity index (χ4n) is 3.98. The summed E-state index contributed by atoms with van der Waals surface area (Å²) in [6.07, 6.45) is 4.63. The normalized spacial score (nSPS) is 14.3. The van der Waals surface area contributed by atoms with Gasteiger partial charge in [0.1, 0.15) is 18.6 Å². The van der Waals surface area contributed by atoms with Gasteiger partial charge in [-0.15, -0.1) is 0 Å². The van der Waals surface area contributed by atoms with Crippen molar-refractivity contribution in [2.24, 2.45) is 0 Å². The summed E-state index contributed by atoms with van der Waals surface area (Å²) in [4.78, 5) is 33.2. The SMILES string of the molecule is Cc1cc(C)cc(COc2coc(CN3CCN(C(=O)c4cncc(Br)c4)CC3)cc2=O)c1. The number of hydrogen-bond donors (Lipinski definition) is 0. The van der Waals surface area contributed by atoms with E-state index in [1.54, 1.807) is 18.5 Å². The number of aromatic nitrogens is 1. The first kappa shape index (κ1) is 23.2. The van der Waals surface area contributed by atoms with Crippen molar-refractivity contribution in [1.82, 2.24) is 14.8 Å². The maximum atomic E-state index is 12.7. The fraction of sp³-hybridized carbons (Fsp3) is 0.320. The number of pyridine rings is 1. The molecule has 1 aromatic carbocycles. The molecule has 0 N–H and O–H groups in total. The van der Waals surface area contributed by atoms with Crippen LogP contribution in [-0.4, -0.2) is 46.9 Å². The standard InChI is InChI=1S/C25H26BrN3O4/c1-17-7-18(2)9-19(8-17)15-33-24-16-32-22(11-23(24)30)14-28-3-5-29(6-4-28)25(31)20-10-21(26)13-27-12-20/h7-13,16H,3-6,14-15H2,1-2H3. The molecule has 0 spiro atoms. The van der Waals surface area contributed by atoms with E-state index < -0.39 is 0 Å². The highest BCUT2D eigenvalue weighted by molar-refractivity contribution is 9.10. The zero-order valence-corrected chi connectivity index (χ0v) is 20.3. The van der Waals surface area contributed by atoms with E-state index in [1.165, 1.54) is 12.3 Å². The zero-order valence-electron chi connectivity index (χ0n) is 18.7. The van der Waals surface area contributed by atoms with E-state index in [0.717, 1.165) is 21.2 Å². The second-order valence-corrected chi connectivity index (χ2v) is 9.24. The van der Waals surface area contributed by atoms with E-state index in [1.807, 2.05) is 30.9 Å². The van der Waals surface area contributed by atoms with E-state index in [2.05, 4.69) is 31.9 Å². The van der Waals surface area contributed by atoms with Crippen LogP contribution >= 0.6 is 15.9 Å². The number of aryl methyl sites for hydroxylation is 2. The minimum absolute atomic E-state index is 0.0275. The third kappa shape index (κ3) is 6.09. The molecule has 8 heteroatoms. The predicted octanol–water partition coefficient (Wildman–Crippen LogP) is 3.95. The summed E-state index contributed by atoms with van der Waals surface area (Å²) in [6, 6.07) is 9.45. The molecule has 1 amide bonds. The van der Waals surface area contributed by atoms with Crippen LogP contribution in [0.5, 0.6) is 5.75 Å². The lowest BCUT2D eigenvalue weighted by Gasteiger charge is -2.34. The van der Waals surface area contributed by atoms with E-state index in [4.69, 9.17) is 9.15 Å². The Balaban J connectivity index is 1.30. The Morgan fingerprint density at radius 1 is 1.06 bits per heavy atom. The Hall–Kier alpha value is -2.97. The molecule has 7 nitrogen and oxygen atoms in total. The van der Waals surface area contributed by atoms with Crippen molar-refractivity contribution in [3.05, 3.63) is 91.7 Å². The van der Waals surface area contributed by atoms with Crippen LogP contribution in [0.3, 0.4) is 0 Å². The summed E-state index contributed by atoms with van der Waals surface area (Å²) < 4.78 is 12.2. The third-order valence-corrected chi connectivity index (χ3v) is 5.95. The Morgan fingerprint density at radius 2 is 1.79 bits per heavy atom. The van der Waals surface area contributed by atoms with Crippen molar-refractivity contribution in [1.29, 1.82) is 0 Å². The molecule has 0 radical (unpaired) electrons. The molecule has 0 unspecified atom stereocenters. The van der Waals surface area contributed by atoms with Crippen LogP contribution in [0.15, 0.2) is 62.7 Å². The number of halogens is 1. The molecule has 4 rings (SSSR count). The second-order valence-electron chi connectivity index (χ2n) is 8.32. The molecule has 1 fully saturated rings. The number of nitrogens with zero attached hydrogens (tertiary/aromatic N) is 3. The quantitative estimate of drug-likeness (QED) is 0.498. The summed E-state index contributed by atoms with van der Waals surface area (Å²) in [5.74, 6) is 0.756. The van der Waals surface area contributed by atoms with Crippen molar-refractivity contribution in [3.63, 3.8) is 0 Å². The number of hydrogen-bond acceptors (Lipinski definition) is 6. The predicted molar refractivity (Wildman–Crippen MR) is 128 cm³/mol. The maximum absolute atomic E-state index is 12.7. The minimum Gasteiger partial charge on any atom is -0.482 e. The smallest absolute Gasteiger partial charge is 0.255 e. The number of ether oxygens (including phenoxy) is 1. The Morgan fingerprint density at radius 3 is 2.45 bits per heavy atom. The highest BCUT2D eigenvalue weighted by Crippen LogP contribution is 2.16. The highest BCUT2D eigenvalue weighted by atomic mass is 79.9. The zero-order chi connectivity index (χ0) is 23.4. The highest BCUT2D eigenvalue weighted by Gasteiger charge is 2.23. The van der Waals surface area contributed by atoms with Crippen LogP contribution in [0.2, 0.25) is 0 Å². The first-order valence-corrected chi connectivity index (χ1v) is 11.6. The maximum Gasteiger partial charge on any atom is 0.255 e. The Bertz CT molecular complexity index is 1180. The number of piperazine rings is 1. The van der Waals surface area contributed by atoms with Crippen molar-refractivity contribution in [2.45, 2.75) is 27.0 Å². The van der Waals surface area contributed by atoms with Gasteiger partial charge in [0.05, 0.1) is 12.1 Å². The van der Waals surface area contributed by atoms with Gasteiger partial charge in [-0.2, -0.15) is 0 Å². The van der Waals surface area contributed by atoms with Crippen LogP contribution in [0.25, 0.3) is 0 Å². The number of benzene rings is 1. The van der Waals surface area contributed by atoms with Gasteiger partial charge in [0.25, 0.3) is 5.91 Å². The molecule has 2 aromatic heterocycles. The molecule has 172 valence electrons. The van der Waals surface area contributed by atoms with Gasteiger partial charge in [0, 0.05) is 49.1 Å². The Labute approximate surface area is 201 Å². The van der Waals surface area contributed by atoms with E-state index >= 15 is 0 Å². The summed E-state index contributed by atoms with van der Waals surface area (Å²) in [5.41, 5.74) is 3.70. The fourth-order valence-corrected chi connectivity index (χ4v) is 4.35. The third-order valence-electron chi connectivity index (χ3n) is 5.52. The lowest BCUT2D eigenvalue weighted by atomic mass is 10.1. The van der Waals surface area contributed by atoms with Gasteiger partial charge in [-0.1, -0.05) is 29.3 Å². The summed E-state index contributed by atoms with van der Waals surface area (Å²) in [7, 11) is 0. The van der Waals surface area contributed by atoms with Crippen LogP contribution in [0.4, 0.5) is 0 Å². The van der Waals surface area contributed by atoms with Crippen LogP contribution in [0.1, 0.15) is 32.8 Å². The summed E-state index contributed by atoms with van der Waals surface area (Å²) >= 11 is 3.35. The van der Waals surface area contributed by atoms with Gasteiger partial charge in [-0.3, -0.25) is 19.5 Å². The van der Waals surface area contributed by atoms with Gasteiger partial charge < -0.3 is 14.1 Å². The molecular weight excluding hydrogens is 486 g/mol. The second kappa shape index (κ2) is 10.3. The minimum atomic E-state index is -0.198. The van der Waals surface area contributed by atoms with E-state index in [9.17, 15) is 9.59 Å². The van der Waals surface area contributed by atoms with Crippen LogP contribution < -0.4 is 10.2 Å².